The molecule has 0 aromatic heterocycles. The molecular weight excluding hydrogens is 182 g/mol. The molecule has 1 heterocycles. The maximum Gasteiger partial charge on any atom is 0.407 e. The predicted octanol–water partition coefficient (Wildman–Crippen LogP) is -0.364. The number of ether oxygens (including phenoxy) is 1. The van der Waals surface area contributed by atoms with Gasteiger partial charge in [0.05, 0.1) is 6.54 Å². The normalized spacial score (nSPS) is 21.1. The standard InChI is InChI=1S/C9H19N3O2/c1-10-4-3-5-12(2)7-8-6-11-9(13)14-8/h8,10H,3-7H2,1-2H3,(H,11,13). The van der Waals surface area contributed by atoms with Gasteiger partial charge in [0.25, 0.3) is 0 Å². The van der Waals surface area contributed by atoms with Crippen LogP contribution in [0.5, 0.6) is 0 Å². The minimum atomic E-state index is -0.293. The van der Waals surface area contributed by atoms with Gasteiger partial charge in [-0.05, 0) is 33.6 Å². The van der Waals surface area contributed by atoms with E-state index >= 15 is 0 Å². The Morgan fingerprint density at radius 1 is 1.71 bits per heavy atom. The Labute approximate surface area is 84.8 Å². The predicted molar refractivity (Wildman–Crippen MR) is 54.3 cm³/mol. The Kier molecular flexibility index (Phi) is 4.69. The molecule has 82 valence electrons. The summed E-state index contributed by atoms with van der Waals surface area (Å²) in [7, 11) is 3.99. The molecule has 0 spiro atoms. The van der Waals surface area contributed by atoms with Crippen molar-refractivity contribution in [3.05, 3.63) is 0 Å². The second-order valence-electron chi connectivity index (χ2n) is 3.63. The van der Waals surface area contributed by atoms with E-state index in [9.17, 15) is 4.79 Å². The number of carbonyl (C=O) groups excluding carboxylic acids is 1. The van der Waals surface area contributed by atoms with Gasteiger partial charge in [-0.25, -0.2) is 4.79 Å². The number of amides is 1. The molecule has 1 saturated heterocycles. The van der Waals surface area contributed by atoms with Crippen LogP contribution >= 0.6 is 0 Å². The van der Waals surface area contributed by atoms with Crippen molar-refractivity contribution in [1.29, 1.82) is 0 Å². The summed E-state index contributed by atoms with van der Waals surface area (Å²) in [5.41, 5.74) is 0. The van der Waals surface area contributed by atoms with Crippen LogP contribution in [0.4, 0.5) is 4.79 Å². The number of cyclic esters (lactones) is 1. The summed E-state index contributed by atoms with van der Waals surface area (Å²) in [4.78, 5) is 12.9. The molecule has 0 aromatic carbocycles. The molecule has 1 aliphatic rings. The van der Waals surface area contributed by atoms with E-state index in [2.05, 4.69) is 15.5 Å². The molecule has 1 aliphatic heterocycles. The molecule has 1 fully saturated rings. The van der Waals surface area contributed by atoms with Crippen LogP contribution in [0.3, 0.4) is 0 Å². The summed E-state index contributed by atoms with van der Waals surface area (Å²) < 4.78 is 5.03. The summed E-state index contributed by atoms with van der Waals surface area (Å²) in [6, 6.07) is 0. The van der Waals surface area contributed by atoms with E-state index in [4.69, 9.17) is 4.74 Å². The molecule has 1 unspecified atom stereocenters. The first-order valence-corrected chi connectivity index (χ1v) is 5.00. The van der Waals surface area contributed by atoms with Gasteiger partial charge in [-0.15, -0.1) is 0 Å². The van der Waals surface area contributed by atoms with Crippen molar-refractivity contribution in [3.8, 4) is 0 Å². The van der Waals surface area contributed by atoms with Crippen molar-refractivity contribution in [2.24, 2.45) is 0 Å². The Balaban J connectivity index is 2.07. The lowest BCUT2D eigenvalue weighted by atomic mass is 10.3. The average Bonchev–Trinajstić information content (AvgIpc) is 2.52. The highest BCUT2D eigenvalue weighted by molar-refractivity contribution is 5.69. The number of rotatable bonds is 6. The third-order valence-corrected chi connectivity index (χ3v) is 2.23. The van der Waals surface area contributed by atoms with Crippen LogP contribution in [-0.2, 0) is 4.74 Å². The third kappa shape index (κ3) is 3.93. The molecule has 1 atom stereocenters. The van der Waals surface area contributed by atoms with Gasteiger partial charge in [-0.1, -0.05) is 0 Å². The van der Waals surface area contributed by atoms with Crippen LogP contribution in [0.1, 0.15) is 6.42 Å². The topological polar surface area (TPSA) is 53.6 Å². The third-order valence-electron chi connectivity index (χ3n) is 2.23. The molecule has 1 rings (SSSR count). The van der Waals surface area contributed by atoms with Crippen LogP contribution in [0, 0.1) is 0 Å². The van der Waals surface area contributed by atoms with E-state index in [0.717, 1.165) is 26.1 Å². The maximum atomic E-state index is 10.7. The van der Waals surface area contributed by atoms with Crippen molar-refractivity contribution in [2.45, 2.75) is 12.5 Å². The van der Waals surface area contributed by atoms with Crippen LogP contribution in [0.15, 0.2) is 0 Å². The SMILES string of the molecule is CNCCCN(C)CC1CNC(=O)O1. The van der Waals surface area contributed by atoms with E-state index < -0.39 is 0 Å². The van der Waals surface area contributed by atoms with Gasteiger partial charge in [-0.3, -0.25) is 0 Å². The average molecular weight is 201 g/mol. The van der Waals surface area contributed by atoms with E-state index in [0.29, 0.717) is 6.54 Å². The van der Waals surface area contributed by atoms with Crippen molar-refractivity contribution in [1.82, 2.24) is 15.5 Å². The number of likely N-dealkylation sites (N-methyl/N-ethyl adjacent to an activating group) is 1. The van der Waals surface area contributed by atoms with Gasteiger partial charge in [-0.2, -0.15) is 0 Å². The zero-order valence-electron chi connectivity index (χ0n) is 8.88. The van der Waals surface area contributed by atoms with Crippen molar-refractivity contribution >= 4 is 6.09 Å². The number of hydrogen-bond acceptors (Lipinski definition) is 4. The number of nitrogens with zero attached hydrogens (tertiary/aromatic N) is 1. The minimum Gasteiger partial charge on any atom is -0.443 e. The van der Waals surface area contributed by atoms with Crippen molar-refractivity contribution < 1.29 is 9.53 Å². The smallest absolute Gasteiger partial charge is 0.407 e. The molecule has 5 nitrogen and oxygen atoms in total. The maximum absolute atomic E-state index is 10.7. The van der Waals surface area contributed by atoms with E-state index in [1.165, 1.54) is 0 Å². The molecular formula is C9H19N3O2. The van der Waals surface area contributed by atoms with Crippen molar-refractivity contribution in [3.63, 3.8) is 0 Å². The fraction of sp³-hybridized carbons (Fsp3) is 0.889. The van der Waals surface area contributed by atoms with Gasteiger partial charge in [0.15, 0.2) is 0 Å². The minimum absolute atomic E-state index is 0.0158. The molecule has 0 saturated carbocycles. The summed E-state index contributed by atoms with van der Waals surface area (Å²) in [6.45, 7) is 3.49. The quantitative estimate of drug-likeness (QED) is 0.576. The summed E-state index contributed by atoms with van der Waals surface area (Å²) in [5.74, 6) is 0. The molecule has 0 aliphatic carbocycles. The number of hydrogen-bond donors (Lipinski definition) is 2. The van der Waals surface area contributed by atoms with E-state index in [-0.39, 0.29) is 12.2 Å². The Morgan fingerprint density at radius 3 is 3.07 bits per heavy atom. The first-order valence-electron chi connectivity index (χ1n) is 5.00. The monoisotopic (exact) mass is 201 g/mol. The summed E-state index contributed by atoms with van der Waals surface area (Å²) >= 11 is 0. The molecule has 0 aromatic rings. The summed E-state index contributed by atoms with van der Waals surface area (Å²) in [6.07, 6.45) is 0.835. The lowest BCUT2D eigenvalue weighted by Crippen LogP contribution is -2.33. The molecule has 1 amide bonds. The number of alkyl carbamates (subject to hydrolysis) is 1. The summed E-state index contributed by atoms with van der Waals surface area (Å²) in [5, 5.41) is 5.74. The number of nitrogens with one attached hydrogen (secondary N) is 2. The lowest BCUT2D eigenvalue weighted by molar-refractivity contribution is 0.116. The van der Waals surface area contributed by atoms with Crippen LogP contribution in [0.25, 0.3) is 0 Å². The highest BCUT2D eigenvalue weighted by Gasteiger charge is 2.23. The molecule has 0 bridgehead atoms. The lowest BCUT2D eigenvalue weighted by Gasteiger charge is -2.19. The zero-order valence-corrected chi connectivity index (χ0v) is 8.88. The van der Waals surface area contributed by atoms with Crippen molar-refractivity contribution in [2.75, 3.05) is 40.3 Å². The van der Waals surface area contributed by atoms with Gasteiger partial charge in [0.2, 0.25) is 0 Å². The fourth-order valence-corrected chi connectivity index (χ4v) is 1.50. The molecule has 2 N–H and O–H groups in total. The van der Waals surface area contributed by atoms with E-state index in [1.807, 2.05) is 14.1 Å². The largest absolute Gasteiger partial charge is 0.443 e. The Bertz CT molecular complexity index is 187. The van der Waals surface area contributed by atoms with Gasteiger partial charge in [0, 0.05) is 6.54 Å². The van der Waals surface area contributed by atoms with Crippen LogP contribution in [0.2, 0.25) is 0 Å². The van der Waals surface area contributed by atoms with Gasteiger partial charge < -0.3 is 20.3 Å². The van der Waals surface area contributed by atoms with Gasteiger partial charge in [0.1, 0.15) is 6.10 Å². The van der Waals surface area contributed by atoms with Gasteiger partial charge >= 0.3 is 6.09 Å². The van der Waals surface area contributed by atoms with Crippen LogP contribution < -0.4 is 10.6 Å². The molecule has 5 heteroatoms. The second kappa shape index (κ2) is 5.82. The Hall–Kier alpha value is -0.810. The fourth-order valence-electron chi connectivity index (χ4n) is 1.50. The highest BCUT2D eigenvalue weighted by atomic mass is 16.6. The molecule has 0 radical (unpaired) electrons. The highest BCUT2D eigenvalue weighted by Crippen LogP contribution is 2.01. The second-order valence-corrected chi connectivity index (χ2v) is 3.63. The Morgan fingerprint density at radius 2 is 2.50 bits per heavy atom. The van der Waals surface area contributed by atoms with Crippen LogP contribution in [-0.4, -0.2) is 57.4 Å². The molecule has 14 heavy (non-hydrogen) atoms. The zero-order chi connectivity index (χ0) is 10.4. The van der Waals surface area contributed by atoms with E-state index in [1.54, 1.807) is 0 Å². The first kappa shape index (κ1) is 11.3. The number of carbonyl (C=O) groups is 1. The first-order chi connectivity index (χ1) is 6.72.